The summed E-state index contributed by atoms with van der Waals surface area (Å²) in [4.78, 5) is 1.50. The van der Waals surface area contributed by atoms with E-state index in [2.05, 4.69) is 161 Å². The minimum Gasteiger partial charge on any atom is -0.308 e. The van der Waals surface area contributed by atoms with Crippen LogP contribution in [-0.2, 0) is 6.42 Å². The van der Waals surface area contributed by atoms with Crippen LogP contribution >= 0.6 is 11.3 Å². The molecule has 1 fully saturated rings. The summed E-state index contributed by atoms with van der Waals surface area (Å²) in [7, 11) is 0. The molecule has 3 N–H and O–H groups in total. The maximum Gasteiger partial charge on any atom is 0.0861 e. The van der Waals surface area contributed by atoms with E-state index in [-0.39, 0.29) is 18.5 Å². The lowest BCUT2D eigenvalue weighted by atomic mass is 9.73. The number of fused-ring (bicyclic) bond motifs is 7. The lowest BCUT2D eigenvalue weighted by Gasteiger charge is -2.44. The molecule has 6 aliphatic carbocycles. The van der Waals surface area contributed by atoms with Gasteiger partial charge in [0.05, 0.1) is 28.7 Å². The van der Waals surface area contributed by atoms with Crippen molar-refractivity contribution in [3.05, 3.63) is 152 Å². The van der Waals surface area contributed by atoms with E-state index < -0.39 is 0 Å². The van der Waals surface area contributed by atoms with Gasteiger partial charge in [0.2, 0.25) is 0 Å². The Morgan fingerprint density at radius 3 is 2.28 bits per heavy atom. The van der Waals surface area contributed by atoms with E-state index in [9.17, 15) is 0 Å². The Bertz CT molecular complexity index is 2690. The molecule has 58 heavy (non-hydrogen) atoms. The van der Waals surface area contributed by atoms with Gasteiger partial charge in [0.25, 0.3) is 0 Å². The maximum atomic E-state index is 4.21. The quantitative estimate of drug-likeness (QED) is 0.183. The number of aromatic nitrogens is 1. The Kier molecular flexibility index (Phi) is 9.61. The molecule has 0 bridgehead atoms. The number of nitrogens with zero attached hydrogens (tertiary/aromatic N) is 1. The average Bonchev–Trinajstić information content (AvgIpc) is 3.83. The van der Waals surface area contributed by atoms with Gasteiger partial charge in [-0.15, -0.1) is 11.3 Å². The Morgan fingerprint density at radius 1 is 0.707 bits per heavy atom. The molecular weight excluding hydrogens is 725 g/mol. The van der Waals surface area contributed by atoms with Crippen molar-refractivity contribution in [1.29, 1.82) is 0 Å². The van der Waals surface area contributed by atoms with Gasteiger partial charge < -0.3 is 4.57 Å². The number of nitrogens with one attached hydrogen (secondary N) is 3. The summed E-state index contributed by atoms with van der Waals surface area (Å²) in [6, 6.07) is 16.0. The van der Waals surface area contributed by atoms with E-state index in [1.807, 2.05) is 0 Å². The first-order valence-electron chi connectivity index (χ1n) is 22.2. The molecule has 1 aliphatic heterocycles. The van der Waals surface area contributed by atoms with Gasteiger partial charge in [-0.25, -0.2) is 0 Å². The predicted molar refractivity (Wildman–Crippen MR) is 246 cm³/mol. The van der Waals surface area contributed by atoms with Crippen molar-refractivity contribution in [3.8, 4) is 5.69 Å². The number of rotatable bonds is 6. The van der Waals surface area contributed by atoms with Gasteiger partial charge in [0.15, 0.2) is 0 Å². The van der Waals surface area contributed by atoms with Crippen molar-refractivity contribution < 1.29 is 0 Å². The van der Waals surface area contributed by atoms with Gasteiger partial charge in [0, 0.05) is 26.5 Å². The molecule has 1 saturated heterocycles. The second-order valence-corrected chi connectivity index (χ2v) is 18.9. The largest absolute Gasteiger partial charge is 0.308 e. The molecule has 0 saturated carbocycles. The van der Waals surface area contributed by atoms with Gasteiger partial charge in [0.1, 0.15) is 0 Å². The number of para-hydroxylation sites is 1. The Morgan fingerprint density at radius 2 is 1.47 bits per heavy atom. The van der Waals surface area contributed by atoms with Gasteiger partial charge in [-0.2, -0.15) is 0 Å². The molecule has 4 nitrogen and oxygen atoms in total. The predicted octanol–water partition coefficient (Wildman–Crippen LogP) is 10.7. The summed E-state index contributed by atoms with van der Waals surface area (Å²) in [6.07, 6.45) is 41.7. The summed E-state index contributed by atoms with van der Waals surface area (Å²) in [5.41, 5.74) is 13.2. The van der Waals surface area contributed by atoms with Crippen LogP contribution in [0.2, 0.25) is 0 Å². The van der Waals surface area contributed by atoms with Crippen LogP contribution in [0.4, 0.5) is 0 Å². The second kappa shape index (κ2) is 15.3. The first kappa shape index (κ1) is 36.6. The van der Waals surface area contributed by atoms with Crippen molar-refractivity contribution >= 4 is 50.1 Å². The smallest absolute Gasteiger partial charge is 0.0861 e. The zero-order valence-electron chi connectivity index (χ0n) is 34.1. The summed E-state index contributed by atoms with van der Waals surface area (Å²) in [5, 5.41) is 18.0. The highest BCUT2D eigenvalue weighted by molar-refractivity contribution is 7.21. The molecule has 2 aromatic heterocycles. The molecular formula is C53H56N4S. The van der Waals surface area contributed by atoms with Crippen LogP contribution in [0.5, 0.6) is 0 Å². The molecule has 2 aromatic carbocycles. The lowest BCUT2D eigenvalue weighted by molar-refractivity contribution is 0.249. The van der Waals surface area contributed by atoms with Gasteiger partial charge in [-0.05, 0) is 145 Å². The fourth-order valence-electron chi connectivity index (χ4n) is 11.1. The van der Waals surface area contributed by atoms with Crippen molar-refractivity contribution in [1.82, 2.24) is 20.5 Å². The fourth-order valence-corrected chi connectivity index (χ4v) is 12.5. The third-order valence-electron chi connectivity index (χ3n) is 13.9. The minimum atomic E-state index is 0.0522. The van der Waals surface area contributed by atoms with Crippen molar-refractivity contribution in [2.75, 3.05) is 0 Å². The second-order valence-electron chi connectivity index (χ2n) is 17.9. The molecule has 0 radical (unpaired) electrons. The summed E-state index contributed by atoms with van der Waals surface area (Å²) >= 11 is 2.07. The van der Waals surface area contributed by atoms with Gasteiger partial charge >= 0.3 is 0 Å². The number of allylic oxidation sites excluding steroid dienone is 12. The standard InChI is InChI=1S/C53H56N4S/c1-33-15-14-20-38(29-33)52-54-51(36-18-8-4-9-19-36)55-53(56-52)46-32-37(35-16-6-3-7-17-35)25-26-40(46)44-30-34(2)31-45-43-28-27-42-41-23-12-13-24-47(41)57(39-21-10-5-11-22-39)48(42)50(43)58-49(44)45/h5-6,8,10-11,14-24,27-28,30,33-34,37,51-56H,3-4,7,9,12-13,25-26,29,31-32H2,1-2H3/t33?,34?,37?,51?,52?,53-/m0/s1. The molecule has 5 heteroatoms. The maximum absolute atomic E-state index is 4.21. The zero-order chi connectivity index (χ0) is 38.7. The monoisotopic (exact) mass is 780 g/mol. The molecule has 0 spiro atoms. The van der Waals surface area contributed by atoms with E-state index in [0.717, 1.165) is 64.2 Å². The van der Waals surface area contributed by atoms with Crippen molar-refractivity contribution in [2.45, 2.75) is 103 Å². The molecule has 7 aliphatic rings. The molecule has 6 atom stereocenters. The number of hydrogen-bond donors (Lipinski definition) is 3. The summed E-state index contributed by atoms with van der Waals surface area (Å²) < 4.78 is 4.02. The molecule has 294 valence electrons. The fraction of sp³-hybridized carbons (Fsp3) is 0.358. The minimum absolute atomic E-state index is 0.0522. The first-order chi connectivity index (χ1) is 28.6. The van der Waals surface area contributed by atoms with Crippen LogP contribution in [-0.4, -0.2) is 23.1 Å². The van der Waals surface area contributed by atoms with Crippen LogP contribution in [0.1, 0.15) is 88.5 Å². The third-order valence-corrected chi connectivity index (χ3v) is 15.1. The van der Waals surface area contributed by atoms with Gasteiger partial charge in [-0.1, -0.05) is 117 Å². The van der Waals surface area contributed by atoms with E-state index in [4.69, 9.17) is 0 Å². The highest BCUT2D eigenvalue weighted by Gasteiger charge is 2.38. The number of thiophene rings is 1. The highest BCUT2D eigenvalue weighted by Crippen LogP contribution is 2.50. The zero-order valence-corrected chi connectivity index (χ0v) is 34.9. The molecule has 11 rings (SSSR count). The van der Waals surface area contributed by atoms with Crippen molar-refractivity contribution in [3.63, 3.8) is 0 Å². The Balaban J connectivity index is 1.09. The number of hydrogen-bond acceptors (Lipinski definition) is 4. The lowest BCUT2D eigenvalue weighted by Crippen LogP contribution is -2.68. The molecule has 4 aromatic rings. The van der Waals surface area contributed by atoms with Crippen LogP contribution in [0.3, 0.4) is 0 Å². The van der Waals surface area contributed by atoms with Crippen LogP contribution in [0.25, 0.3) is 44.4 Å². The third kappa shape index (κ3) is 6.46. The molecule has 5 unspecified atom stereocenters. The average molecular weight is 781 g/mol. The summed E-state index contributed by atoms with van der Waals surface area (Å²) in [6.45, 7) is 4.79. The van der Waals surface area contributed by atoms with Crippen LogP contribution in [0.15, 0.2) is 131 Å². The van der Waals surface area contributed by atoms with E-state index in [0.29, 0.717) is 17.8 Å². The van der Waals surface area contributed by atoms with Gasteiger partial charge in [-0.3, -0.25) is 16.0 Å². The van der Waals surface area contributed by atoms with E-state index in [1.54, 1.807) is 22.3 Å². The van der Waals surface area contributed by atoms with Crippen molar-refractivity contribution in [2.24, 2.45) is 17.8 Å². The van der Waals surface area contributed by atoms with Crippen LogP contribution < -0.4 is 26.5 Å². The SMILES string of the molecule is CC1C=CC=C(C2NC(C3=CCCC=C3)N[C@H](C3=C(C4=CC(C)Cc5c4sc4c5ccc5c6c(n(-c7ccccc7)c54)=CCCC=6)CCC(C4=CCCC=C4)C3)N2)C1. The topological polar surface area (TPSA) is 41.0 Å². The molecule has 0 amide bonds. The summed E-state index contributed by atoms with van der Waals surface area (Å²) in [5.74, 6) is 1.54. The Hall–Kier alpha value is -4.52. The van der Waals surface area contributed by atoms with Crippen LogP contribution in [0, 0.1) is 17.8 Å². The first-order valence-corrected chi connectivity index (χ1v) is 23.1. The highest BCUT2D eigenvalue weighted by atomic mass is 32.1. The van der Waals surface area contributed by atoms with E-state index >= 15 is 0 Å². The normalized spacial score (nSPS) is 28.3. The molecule has 3 heterocycles. The van der Waals surface area contributed by atoms with E-state index in [1.165, 1.54) is 65.3 Å². The Labute approximate surface area is 347 Å². The number of benzene rings is 2.